The number of hydrogen-bond donors (Lipinski definition) is 2. The van der Waals surface area contributed by atoms with Crippen LogP contribution in [0.3, 0.4) is 0 Å². The van der Waals surface area contributed by atoms with Gasteiger partial charge in [-0.05, 0) is 31.6 Å². The van der Waals surface area contributed by atoms with Crippen molar-refractivity contribution in [3.63, 3.8) is 0 Å². The van der Waals surface area contributed by atoms with Crippen molar-refractivity contribution < 1.29 is 27.2 Å². The van der Waals surface area contributed by atoms with E-state index in [2.05, 4.69) is 15.3 Å². The van der Waals surface area contributed by atoms with Crippen molar-refractivity contribution in [2.75, 3.05) is 6.54 Å². The Hall–Kier alpha value is -1.66. The summed E-state index contributed by atoms with van der Waals surface area (Å²) in [5.41, 5.74) is 2.31. The fourth-order valence-corrected chi connectivity index (χ4v) is 3.13. The van der Waals surface area contributed by atoms with E-state index in [0.29, 0.717) is 18.4 Å². The molecule has 0 radical (unpaired) electrons. The molecule has 1 unspecified atom stereocenters. The van der Waals surface area contributed by atoms with Crippen LogP contribution in [-0.2, 0) is 0 Å². The van der Waals surface area contributed by atoms with Crippen LogP contribution >= 0.6 is 0 Å². The van der Waals surface area contributed by atoms with Gasteiger partial charge in [-0.1, -0.05) is 0 Å². The summed E-state index contributed by atoms with van der Waals surface area (Å²) in [7, 11) is 0. The highest BCUT2D eigenvalue weighted by Crippen LogP contribution is 2.34. The summed E-state index contributed by atoms with van der Waals surface area (Å²) in [5.74, 6) is 0.888. The van der Waals surface area contributed by atoms with Gasteiger partial charge in [-0.2, -0.15) is 0 Å². The number of nitrogens with one attached hydrogen (secondary N) is 2. The Morgan fingerprint density at radius 2 is 2.14 bits per heavy atom. The molecule has 2 aliphatic heterocycles. The number of amides is 1. The molecule has 3 aliphatic rings. The normalized spacial score (nSPS) is 30.0. The van der Waals surface area contributed by atoms with Crippen molar-refractivity contribution in [2.24, 2.45) is 21.8 Å². The molecule has 1 amide bonds. The van der Waals surface area contributed by atoms with Crippen LogP contribution in [0.25, 0.3) is 0 Å². The SMILES string of the molecule is O=C([O-])NCC1CCC(C2=C3C=NC=C[NH+]3C=N2)CC1.[Cl-]. The summed E-state index contributed by atoms with van der Waals surface area (Å²) in [4.78, 5) is 20.3. The van der Waals surface area contributed by atoms with Crippen LogP contribution in [0.5, 0.6) is 0 Å². The molecule has 0 aromatic carbocycles. The fraction of sp³-hybridized carbons (Fsp3) is 0.500. The van der Waals surface area contributed by atoms with Gasteiger partial charge in [-0.25, -0.2) is 9.89 Å². The lowest BCUT2D eigenvalue weighted by molar-refractivity contribution is -0.682. The van der Waals surface area contributed by atoms with Crippen molar-refractivity contribution in [3.05, 3.63) is 23.8 Å². The maximum atomic E-state index is 10.4. The molecule has 21 heavy (non-hydrogen) atoms. The minimum atomic E-state index is -1.18. The van der Waals surface area contributed by atoms with Crippen LogP contribution in [-0.4, -0.2) is 25.2 Å². The lowest BCUT2D eigenvalue weighted by Crippen LogP contribution is -3.04. The Kier molecular flexibility index (Phi) is 5.14. The molecule has 1 aliphatic carbocycles. The maximum absolute atomic E-state index is 10.4. The van der Waals surface area contributed by atoms with Crippen molar-refractivity contribution in [2.45, 2.75) is 25.7 Å². The van der Waals surface area contributed by atoms with Crippen LogP contribution in [0.1, 0.15) is 25.7 Å². The first-order valence-electron chi connectivity index (χ1n) is 7.04. The average molecular weight is 310 g/mol. The van der Waals surface area contributed by atoms with Crippen LogP contribution in [0.15, 0.2) is 33.8 Å². The van der Waals surface area contributed by atoms with Gasteiger partial charge in [0.2, 0.25) is 0 Å². The van der Waals surface area contributed by atoms with Crippen molar-refractivity contribution in [3.8, 4) is 0 Å². The van der Waals surface area contributed by atoms with Crippen LogP contribution < -0.4 is 27.7 Å². The first-order chi connectivity index (χ1) is 9.74. The number of carboxylic acid groups (broad SMARTS) is 1. The van der Waals surface area contributed by atoms with E-state index in [0.717, 1.165) is 42.0 Å². The monoisotopic (exact) mass is 309 g/mol. The fourth-order valence-electron chi connectivity index (χ4n) is 3.13. The number of fused-ring (bicyclic) bond motifs is 1. The van der Waals surface area contributed by atoms with E-state index in [4.69, 9.17) is 0 Å². The summed E-state index contributed by atoms with van der Waals surface area (Å²) < 4.78 is 0. The van der Waals surface area contributed by atoms with Gasteiger partial charge in [-0.15, -0.1) is 0 Å². The second-order valence-corrected chi connectivity index (χ2v) is 5.49. The molecule has 0 spiro atoms. The zero-order chi connectivity index (χ0) is 13.9. The van der Waals surface area contributed by atoms with Gasteiger partial charge < -0.3 is 27.6 Å². The third-order valence-corrected chi connectivity index (χ3v) is 4.24. The van der Waals surface area contributed by atoms with Gasteiger partial charge in [0.1, 0.15) is 18.0 Å². The zero-order valence-electron chi connectivity index (χ0n) is 11.6. The number of halogens is 1. The van der Waals surface area contributed by atoms with Crippen LogP contribution in [0, 0.1) is 11.8 Å². The number of quaternary nitrogens is 1. The minimum Gasteiger partial charge on any atom is -1.00 e. The number of carbonyl (C=O) groups is 1. The van der Waals surface area contributed by atoms with Gasteiger partial charge in [0, 0.05) is 12.5 Å². The molecule has 2 N–H and O–H groups in total. The highest BCUT2D eigenvalue weighted by atomic mass is 35.5. The predicted octanol–water partition coefficient (Wildman–Crippen LogP) is -3.58. The largest absolute Gasteiger partial charge is 1.00 e. The summed E-state index contributed by atoms with van der Waals surface area (Å²) in [5, 5.41) is 12.8. The van der Waals surface area contributed by atoms with E-state index in [1.807, 2.05) is 18.8 Å². The standard InChI is InChI=1S/C14H18N4O2.ClH/c19-14(20)16-7-10-1-3-11(4-2-10)13-12-8-15-5-6-18(12)9-17-13;/h5-6,8-11,16H,1-4,7H2,(H,19,20);1H/p-1. The quantitative estimate of drug-likeness (QED) is 0.565. The van der Waals surface area contributed by atoms with E-state index in [9.17, 15) is 9.90 Å². The van der Waals surface area contributed by atoms with Crippen molar-refractivity contribution in [1.82, 2.24) is 5.32 Å². The number of carbonyl (C=O) groups excluding carboxylic acids is 1. The molecule has 2 heterocycles. The molecular weight excluding hydrogens is 292 g/mol. The third-order valence-electron chi connectivity index (χ3n) is 4.24. The van der Waals surface area contributed by atoms with Gasteiger partial charge in [0.15, 0.2) is 12.0 Å². The number of hydrogen-bond acceptors (Lipinski definition) is 4. The maximum Gasteiger partial charge on any atom is 0.198 e. The molecule has 1 atom stereocenters. The summed E-state index contributed by atoms with van der Waals surface area (Å²) in [6, 6.07) is 0. The van der Waals surface area contributed by atoms with Gasteiger partial charge in [0.05, 0.1) is 12.4 Å². The Labute approximate surface area is 129 Å². The Bertz CT molecular complexity index is 519. The predicted molar refractivity (Wildman–Crippen MR) is 73.0 cm³/mol. The number of allylic oxidation sites excluding steroid dienone is 2. The molecule has 6 nitrogen and oxygen atoms in total. The molecule has 0 aromatic rings. The molecule has 0 saturated heterocycles. The first kappa shape index (κ1) is 15.7. The number of rotatable bonds is 3. The van der Waals surface area contributed by atoms with E-state index >= 15 is 0 Å². The zero-order valence-corrected chi connectivity index (χ0v) is 12.3. The van der Waals surface area contributed by atoms with Gasteiger partial charge in [-0.3, -0.25) is 4.99 Å². The summed E-state index contributed by atoms with van der Waals surface area (Å²) in [6.45, 7) is 0.506. The molecule has 3 rings (SSSR count). The third kappa shape index (κ3) is 3.51. The van der Waals surface area contributed by atoms with E-state index in [-0.39, 0.29) is 12.4 Å². The summed E-state index contributed by atoms with van der Waals surface area (Å²) in [6.07, 6.45) is 10.6. The Morgan fingerprint density at radius 1 is 1.38 bits per heavy atom. The minimum absolute atomic E-state index is 0. The number of nitrogens with zero attached hydrogens (tertiary/aromatic N) is 2. The lowest BCUT2D eigenvalue weighted by atomic mass is 9.80. The molecular formula is C14H18ClN4O2-. The first-order valence-corrected chi connectivity index (χ1v) is 7.04. The lowest BCUT2D eigenvalue weighted by Gasteiger charge is -2.28. The van der Waals surface area contributed by atoms with E-state index in [1.54, 1.807) is 6.20 Å². The van der Waals surface area contributed by atoms with Crippen molar-refractivity contribution in [1.29, 1.82) is 0 Å². The number of aliphatic imine (C=N–C) groups is 2. The van der Waals surface area contributed by atoms with Crippen molar-refractivity contribution >= 4 is 18.6 Å². The highest BCUT2D eigenvalue weighted by Gasteiger charge is 2.32. The molecule has 0 bridgehead atoms. The highest BCUT2D eigenvalue weighted by molar-refractivity contribution is 5.81. The Balaban J connectivity index is 0.00000161. The Morgan fingerprint density at radius 3 is 2.86 bits per heavy atom. The van der Waals surface area contributed by atoms with Gasteiger partial charge >= 0.3 is 0 Å². The molecule has 1 fully saturated rings. The molecule has 7 heteroatoms. The smallest absolute Gasteiger partial charge is 0.198 e. The second-order valence-electron chi connectivity index (χ2n) is 5.49. The van der Waals surface area contributed by atoms with Crippen LogP contribution in [0.4, 0.5) is 4.79 Å². The summed E-state index contributed by atoms with van der Waals surface area (Å²) >= 11 is 0. The topological polar surface area (TPSA) is 81.3 Å². The van der Waals surface area contributed by atoms with E-state index in [1.165, 1.54) is 0 Å². The second kappa shape index (κ2) is 6.87. The van der Waals surface area contributed by atoms with E-state index < -0.39 is 6.09 Å². The molecule has 114 valence electrons. The van der Waals surface area contributed by atoms with Gasteiger partial charge in [0.25, 0.3) is 0 Å². The average Bonchev–Trinajstić information content (AvgIpc) is 2.89. The molecule has 0 aromatic heterocycles. The molecule has 1 saturated carbocycles. The van der Waals surface area contributed by atoms with Crippen LogP contribution in [0.2, 0.25) is 0 Å².